The fraction of sp³-hybridized carbons (Fsp3) is 0.706. The van der Waals surface area contributed by atoms with Crippen LogP contribution in [0.5, 0.6) is 0 Å². The fourth-order valence-corrected chi connectivity index (χ4v) is 3.06. The Morgan fingerprint density at radius 3 is 2.64 bits per heavy atom. The van der Waals surface area contributed by atoms with Crippen LogP contribution >= 0.6 is 0 Å². The predicted molar refractivity (Wildman–Crippen MR) is 91.2 cm³/mol. The van der Waals surface area contributed by atoms with E-state index in [9.17, 15) is 9.90 Å². The Hall–Kier alpha value is -0.913. The van der Waals surface area contributed by atoms with Gasteiger partial charge in [-0.2, -0.15) is 0 Å². The van der Waals surface area contributed by atoms with Crippen LogP contribution < -0.4 is 0 Å². The molecule has 0 bridgehead atoms. The zero-order valence-corrected chi connectivity index (χ0v) is 15.7. The van der Waals surface area contributed by atoms with E-state index in [4.69, 9.17) is 4.43 Å². The molecule has 0 amide bonds. The Labute approximate surface area is 135 Å². The lowest BCUT2D eigenvalue weighted by Gasteiger charge is -2.39. The lowest BCUT2D eigenvalue weighted by atomic mass is 9.83. The van der Waals surface area contributed by atoms with Gasteiger partial charge in [-0.15, -0.1) is 0 Å². The van der Waals surface area contributed by atoms with Crippen molar-refractivity contribution < 1.29 is 19.1 Å². The van der Waals surface area contributed by atoms with Gasteiger partial charge in [-0.1, -0.05) is 26.8 Å². The van der Waals surface area contributed by atoms with Gasteiger partial charge in [-0.25, -0.2) is 4.79 Å². The van der Waals surface area contributed by atoms with Crippen molar-refractivity contribution in [2.24, 2.45) is 0 Å². The molecule has 0 aromatic carbocycles. The summed E-state index contributed by atoms with van der Waals surface area (Å²) in [7, 11) is -0.542. The lowest BCUT2D eigenvalue weighted by molar-refractivity contribution is -0.134. The molecule has 0 fully saturated rings. The number of methoxy groups -OCH3 is 1. The van der Waals surface area contributed by atoms with E-state index in [1.54, 1.807) is 6.08 Å². The van der Waals surface area contributed by atoms with Crippen LogP contribution in [0.4, 0.5) is 0 Å². The summed E-state index contributed by atoms with van der Waals surface area (Å²) >= 11 is 0. The Balaban J connectivity index is 2.85. The van der Waals surface area contributed by atoms with E-state index in [1.807, 2.05) is 6.08 Å². The Morgan fingerprint density at radius 2 is 2.09 bits per heavy atom. The van der Waals surface area contributed by atoms with Gasteiger partial charge >= 0.3 is 5.97 Å². The highest BCUT2D eigenvalue weighted by Crippen LogP contribution is 2.38. The number of allylic oxidation sites excluding steroid dienone is 1. The second kappa shape index (κ2) is 7.11. The molecule has 0 saturated heterocycles. The Kier molecular flexibility index (Phi) is 6.18. The zero-order chi connectivity index (χ0) is 17.0. The van der Waals surface area contributed by atoms with Crippen molar-refractivity contribution in [2.45, 2.75) is 63.8 Å². The van der Waals surface area contributed by atoms with Crippen LogP contribution in [0.15, 0.2) is 23.8 Å². The molecule has 5 heteroatoms. The first-order chi connectivity index (χ1) is 10.0. The summed E-state index contributed by atoms with van der Waals surface area (Å²) in [5.41, 5.74) is -0.252. The highest BCUT2D eigenvalue weighted by molar-refractivity contribution is 6.74. The van der Waals surface area contributed by atoms with E-state index in [2.05, 4.69) is 38.6 Å². The molecule has 1 aliphatic rings. The summed E-state index contributed by atoms with van der Waals surface area (Å²) in [6, 6.07) is 0. The largest absolute Gasteiger partial charge is 0.466 e. The van der Waals surface area contributed by atoms with E-state index in [1.165, 1.54) is 13.2 Å². The summed E-state index contributed by atoms with van der Waals surface area (Å²) in [6.45, 7) is 11.4. The second-order valence-electron chi connectivity index (χ2n) is 7.45. The van der Waals surface area contributed by atoms with Crippen LogP contribution in [0.2, 0.25) is 18.1 Å². The number of aliphatic hydroxyl groups is 1. The smallest absolute Gasteiger partial charge is 0.330 e. The molecule has 1 N–H and O–H groups in total. The molecule has 0 aromatic heterocycles. The minimum absolute atomic E-state index is 0.127. The lowest BCUT2D eigenvalue weighted by Crippen LogP contribution is -2.43. The monoisotopic (exact) mass is 326 g/mol. The molecule has 1 unspecified atom stereocenters. The highest BCUT2D eigenvalue weighted by atomic mass is 28.4. The van der Waals surface area contributed by atoms with Gasteiger partial charge in [-0.3, -0.25) is 0 Å². The Bertz CT molecular complexity index is 460. The molecule has 1 rings (SSSR count). The summed E-state index contributed by atoms with van der Waals surface area (Å²) in [4.78, 5) is 11.3. The van der Waals surface area contributed by atoms with E-state index < -0.39 is 19.9 Å². The fourth-order valence-electron chi connectivity index (χ4n) is 2.11. The second-order valence-corrected chi connectivity index (χ2v) is 12.3. The molecule has 126 valence electrons. The van der Waals surface area contributed by atoms with Crippen molar-refractivity contribution in [1.82, 2.24) is 0 Å². The van der Waals surface area contributed by atoms with E-state index in [0.717, 1.165) is 18.4 Å². The molecular weight excluding hydrogens is 296 g/mol. The normalized spacial score (nSPS) is 23.5. The molecule has 0 radical (unpaired) electrons. The van der Waals surface area contributed by atoms with Crippen molar-refractivity contribution in [1.29, 1.82) is 0 Å². The molecule has 0 aliphatic heterocycles. The van der Waals surface area contributed by atoms with Gasteiger partial charge < -0.3 is 14.3 Å². The maximum Gasteiger partial charge on any atom is 0.330 e. The van der Waals surface area contributed by atoms with Crippen molar-refractivity contribution in [3.05, 3.63) is 23.8 Å². The van der Waals surface area contributed by atoms with Gasteiger partial charge in [0.1, 0.15) is 5.60 Å². The molecule has 0 heterocycles. The van der Waals surface area contributed by atoms with Crippen LogP contribution in [0, 0.1) is 0 Å². The maximum atomic E-state index is 11.3. The van der Waals surface area contributed by atoms with E-state index in [-0.39, 0.29) is 5.04 Å². The number of hydrogen-bond donors (Lipinski definition) is 1. The van der Waals surface area contributed by atoms with Gasteiger partial charge in [0.2, 0.25) is 0 Å². The molecule has 0 saturated carbocycles. The Morgan fingerprint density at radius 1 is 1.45 bits per heavy atom. The highest BCUT2D eigenvalue weighted by Gasteiger charge is 2.39. The number of rotatable bonds is 5. The molecule has 22 heavy (non-hydrogen) atoms. The van der Waals surface area contributed by atoms with Crippen LogP contribution in [0.3, 0.4) is 0 Å². The third-order valence-corrected chi connectivity index (χ3v) is 9.28. The van der Waals surface area contributed by atoms with Crippen molar-refractivity contribution in [2.75, 3.05) is 13.7 Å². The van der Waals surface area contributed by atoms with Crippen molar-refractivity contribution >= 4 is 14.3 Å². The maximum absolute atomic E-state index is 11.3. The summed E-state index contributed by atoms with van der Waals surface area (Å²) < 4.78 is 10.8. The average molecular weight is 327 g/mol. The van der Waals surface area contributed by atoms with Crippen LogP contribution in [-0.4, -0.2) is 38.7 Å². The number of esters is 1. The first-order valence-electron chi connectivity index (χ1n) is 7.85. The first kappa shape index (κ1) is 19.1. The van der Waals surface area contributed by atoms with Gasteiger partial charge in [0, 0.05) is 6.08 Å². The number of carbonyl (C=O) groups excluding carboxylic acids is 1. The molecular formula is C17H30O4Si. The number of ether oxygens (including phenoxy) is 1. The quantitative estimate of drug-likeness (QED) is 0.363. The van der Waals surface area contributed by atoms with E-state index >= 15 is 0 Å². The molecule has 1 atom stereocenters. The first-order valence-corrected chi connectivity index (χ1v) is 10.8. The minimum atomic E-state index is -1.87. The minimum Gasteiger partial charge on any atom is -0.466 e. The molecule has 1 aliphatic carbocycles. The molecule has 4 nitrogen and oxygen atoms in total. The van der Waals surface area contributed by atoms with Gasteiger partial charge in [0.15, 0.2) is 8.32 Å². The third kappa shape index (κ3) is 4.79. The zero-order valence-electron chi connectivity index (χ0n) is 14.7. The predicted octanol–water partition coefficient (Wildman–Crippen LogP) is 3.58. The van der Waals surface area contributed by atoms with Crippen molar-refractivity contribution in [3.8, 4) is 0 Å². The average Bonchev–Trinajstić information content (AvgIpc) is 2.42. The number of carbonyl (C=O) groups is 1. The van der Waals surface area contributed by atoms with Crippen molar-refractivity contribution in [3.63, 3.8) is 0 Å². The standard InChI is InChI=1S/C17H30O4Si/c1-16(2,3)22(5,6)21-13-14-9-7-8-11-17(14,19)12-10-15(18)20-4/h9-10,12,19H,7-8,11,13H2,1-6H3. The topological polar surface area (TPSA) is 55.8 Å². The number of hydrogen-bond acceptors (Lipinski definition) is 4. The summed E-state index contributed by atoms with van der Waals surface area (Å²) in [6.07, 6.45) is 7.31. The van der Waals surface area contributed by atoms with Crippen LogP contribution in [-0.2, 0) is 14.0 Å². The van der Waals surface area contributed by atoms with Crippen LogP contribution in [0.1, 0.15) is 40.0 Å². The van der Waals surface area contributed by atoms with Gasteiger partial charge in [0.05, 0.1) is 13.7 Å². The summed E-state index contributed by atoms with van der Waals surface area (Å²) in [5, 5.41) is 11.0. The SMILES string of the molecule is COC(=O)C=CC1(O)CCCC=C1CO[Si](C)(C)C(C)(C)C. The van der Waals surface area contributed by atoms with E-state index in [0.29, 0.717) is 13.0 Å². The van der Waals surface area contributed by atoms with Gasteiger partial charge in [-0.05, 0) is 49.0 Å². The van der Waals surface area contributed by atoms with Crippen LogP contribution in [0.25, 0.3) is 0 Å². The summed E-state index contributed by atoms with van der Waals surface area (Å²) in [5.74, 6) is -0.455. The third-order valence-electron chi connectivity index (χ3n) is 4.80. The molecule has 0 aromatic rings. The van der Waals surface area contributed by atoms with Gasteiger partial charge in [0.25, 0.3) is 0 Å². The molecule has 0 spiro atoms.